The maximum atomic E-state index is 10.1. The van der Waals surface area contributed by atoms with Crippen molar-refractivity contribution in [1.82, 2.24) is 9.55 Å². The molecule has 1 aromatic carbocycles. The Morgan fingerprint density at radius 1 is 1.27 bits per heavy atom. The molecule has 3 nitrogen and oxygen atoms in total. The Balaban J connectivity index is 2.37. The van der Waals surface area contributed by atoms with Gasteiger partial charge in [0.1, 0.15) is 11.9 Å². The Kier molecular flexibility index (Phi) is 2.56. The average Bonchev–Trinajstić information content (AvgIpc) is 2.60. The van der Waals surface area contributed by atoms with Gasteiger partial charge in [-0.2, -0.15) is 0 Å². The second-order valence-electron chi connectivity index (χ2n) is 3.60. The molecule has 1 N–H and O–H groups in total. The van der Waals surface area contributed by atoms with E-state index in [0.29, 0.717) is 0 Å². The largest absolute Gasteiger partial charge is 0.382 e. The molecule has 3 heteroatoms. The molecular formula is C12H14N2O. The van der Waals surface area contributed by atoms with E-state index in [0.717, 1.165) is 17.1 Å². The highest BCUT2D eigenvalue weighted by Gasteiger charge is 2.14. The second-order valence-corrected chi connectivity index (χ2v) is 3.60. The van der Waals surface area contributed by atoms with Gasteiger partial charge in [-0.25, -0.2) is 4.98 Å². The Morgan fingerprint density at radius 2 is 1.93 bits per heavy atom. The van der Waals surface area contributed by atoms with E-state index in [9.17, 15) is 5.11 Å². The molecule has 0 aliphatic rings. The van der Waals surface area contributed by atoms with Crippen molar-refractivity contribution in [2.45, 2.75) is 13.0 Å². The van der Waals surface area contributed by atoms with Crippen LogP contribution in [0.4, 0.5) is 0 Å². The van der Waals surface area contributed by atoms with Crippen LogP contribution in [0.15, 0.2) is 36.5 Å². The van der Waals surface area contributed by atoms with Crippen LogP contribution in [-0.4, -0.2) is 14.7 Å². The van der Waals surface area contributed by atoms with Crippen molar-refractivity contribution in [3.05, 3.63) is 53.6 Å². The highest BCUT2D eigenvalue weighted by atomic mass is 16.3. The molecule has 0 fully saturated rings. The molecule has 0 saturated carbocycles. The fourth-order valence-electron chi connectivity index (χ4n) is 1.58. The molecule has 0 radical (unpaired) electrons. The molecular weight excluding hydrogens is 188 g/mol. The summed E-state index contributed by atoms with van der Waals surface area (Å²) in [6, 6.07) is 9.59. The summed E-state index contributed by atoms with van der Waals surface area (Å²) in [6.45, 7) is 1.92. The van der Waals surface area contributed by atoms with Gasteiger partial charge >= 0.3 is 0 Å². The van der Waals surface area contributed by atoms with Gasteiger partial charge in [0.05, 0.1) is 11.9 Å². The van der Waals surface area contributed by atoms with E-state index in [1.165, 1.54) is 0 Å². The molecule has 15 heavy (non-hydrogen) atoms. The van der Waals surface area contributed by atoms with E-state index in [4.69, 9.17) is 0 Å². The minimum atomic E-state index is -0.600. The van der Waals surface area contributed by atoms with Crippen LogP contribution in [0.1, 0.15) is 23.2 Å². The van der Waals surface area contributed by atoms with Crippen molar-refractivity contribution in [1.29, 1.82) is 0 Å². The predicted molar refractivity (Wildman–Crippen MR) is 58.4 cm³/mol. The number of hydrogen-bond acceptors (Lipinski definition) is 2. The van der Waals surface area contributed by atoms with Crippen LogP contribution >= 0.6 is 0 Å². The third kappa shape index (κ3) is 1.78. The average molecular weight is 202 g/mol. The van der Waals surface area contributed by atoms with Crippen molar-refractivity contribution in [3.63, 3.8) is 0 Å². The standard InChI is InChI=1S/C12H14N2O/c1-9-13-8-11(14(9)2)12(15)10-6-4-3-5-7-10/h3-8,12,15H,1-2H3. The molecule has 0 amide bonds. The lowest BCUT2D eigenvalue weighted by Gasteiger charge is -2.11. The summed E-state index contributed by atoms with van der Waals surface area (Å²) in [6.07, 6.45) is 1.12. The minimum absolute atomic E-state index is 0.600. The number of aliphatic hydroxyl groups is 1. The smallest absolute Gasteiger partial charge is 0.121 e. The number of imidazole rings is 1. The first-order valence-electron chi connectivity index (χ1n) is 4.91. The van der Waals surface area contributed by atoms with Crippen LogP contribution in [0.3, 0.4) is 0 Å². The summed E-state index contributed by atoms with van der Waals surface area (Å²) in [7, 11) is 1.91. The van der Waals surface area contributed by atoms with Gasteiger partial charge in [-0.15, -0.1) is 0 Å². The van der Waals surface area contributed by atoms with Crippen molar-refractivity contribution in [3.8, 4) is 0 Å². The van der Waals surface area contributed by atoms with Crippen LogP contribution in [-0.2, 0) is 7.05 Å². The van der Waals surface area contributed by atoms with Gasteiger partial charge in [0, 0.05) is 7.05 Å². The number of benzene rings is 1. The predicted octanol–water partition coefficient (Wildman–Crippen LogP) is 1.81. The third-order valence-corrected chi connectivity index (χ3v) is 2.65. The molecule has 1 unspecified atom stereocenters. The van der Waals surface area contributed by atoms with Crippen molar-refractivity contribution in [2.24, 2.45) is 7.05 Å². The Morgan fingerprint density at radius 3 is 2.47 bits per heavy atom. The summed E-state index contributed by atoms with van der Waals surface area (Å²) < 4.78 is 1.90. The molecule has 0 aliphatic carbocycles. The molecule has 78 valence electrons. The fourth-order valence-corrected chi connectivity index (χ4v) is 1.58. The number of hydrogen-bond donors (Lipinski definition) is 1. The molecule has 0 spiro atoms. The third-order valence-electron chi connectivity index (χ3n) is 2.65. The lowest BCUT2D eigenvalue weighted by molar-refractivity contribution is 0.211. The number of rotatable bonds is 2. The summed E-state index contributed by atoms with van der Waals surface area (Å²) in [5, 5.41) is 10.1. The maximum Gasteiger partial charge on any atom is 0.121 e. The lowest BCUT2D eigenvalue weighted by atomic mass is 10.1. The molecule has 1 aromatic heterocycles. The lowest BCUT2D eigenvalue weighted by Crippen LogP contribution is -2.06. The number of aryl methyl sites for hydroxylation is 1. The molecule has 1 atom stereocenters. The van der Waals surface area contributed by atoms with E-state index < -0.39 is 6.10 Å². The van der Waals surface area contributed by atoms with Gasteiger partial charge in [-0.1, -0.05) is 30.3 Å². The minimum Gasteiger partial charge on any atom is -0.382 e. The number of aromatic nitrogens is 2. The maximum absolute atomic E-state index is 10.1. The topological polar surface area (TPSA) is 38.1 Å². The summed E-state index contributed by atoms with van der Waals surface area (Å²) >= 11 is 0. The summed E-state index contributed by atoms with van der Waals surface area (Å²) in [5.41, 5.74) is 1.71. The molecule has 0 aliphatic heterocycles. The van der Waals surface area contributed by atoms with Crippen molar-refractivity contribution >= 4 is 0 Å². The van der Waals surface area contributed by atoms with E-state index >= 15 is 0 Å². The van der Waals surface area contributed by atoms with Gasteiger partial charge in [0.2, 0.25) is 0 Å². The van der Waals surface area contributed by atoms with Gasteiger partial charge in [-0.3, -0.25) is 0 Å². The zero-order valence-electron chi connectivity index (χ0n) is 8.88. The van der Waals surface area contributed by atoms with Crippen LogP contribution in [0.2, 0.25) is 0 Å². The molecule has 2 rings (SSSR count). The first-order valence-corrected chi connectivity index (χ1v) is 4.91. The van der Waals surface area contributed by atoms with Gasteiger partial charge in [0.25, 0.3) is 0 Å². The van der Waals surface area contributed by atoms with E-state index in [1.54, 1.807) is 6.20 Å². The normalized spacial score (nSPS) is 12.7. The number of nitrogens with zero attached hydrogens (tertiary/aromatic N) is 2. The van der Waals surface area contributed by atoms with Crippen LogP contribution in [0, 0.1) is 6.92 Å². The van der Waals surface area contributed by atoms with Crippen molar-refractivity contribution < 1.29 is 5.11 Å². The van der Waals surface area contributed by atoms with Crippen LogP contribution < -0.4 is 0 Å². The summed E-state index contributed by atoms with van der Waals surface area (Å²) in [5.74, 6) is 0.903. The fraction of sp³-hybridized carbons (Fsp3) is 0.250. The molecule has 1 heterocycles. The number of aliphatic hydroxyl groups excluding tert-OH is 1. The van der Waals surface area contributed by atoms with Gasteiger partial charge in [0.15, 0.2) is 0 Å². The summed E-state index contributed by atoms with van der Waals surface area (Å²) in [4.78, 5) is 4.17. The Hall–Kier alpha value is -1.61. The second kappa shape index (κ2) is 3.87. The Bertz CT molecular complexity index is 448. The van der Waals surface area contributed by atoms with Gasteiger partial charge < -0.3 is 9.67 Å². The molecule has 2 aromatic rings. The monoisotopic (exact) mass is 202 g/mol. The Labute approximate surface area is 89.0 Å². The van der Waals surface area contributed by atoms with Gasteiger partial charge in [-0.05, 0) is 12.5 Å². The van der Waals surface area contributed by atoms with Crippen LogP contribution in [0.5, 0.6) is 0 Å². The van der Waals surface area contributed by atoms with E-state index in [2.05, 4.69) is 4.98 Å². The molecule has 0 saturated heterocycles. The first kappa shape index (κ1) is 9.93. The SMILES string of the molecule is Cc1ncc(C(O)c2ccccc2)n1C. The van der Waals surface area contributed by atoms with E-state index in [-0.39, 0.29) is 0 Å². The zero-order chi connectivity index (χ0) is 10.8. The van der Waals surface area contributed by atoms with Crippen LogP contribution in [0.25, 0.3) is 0 Å². The molecule has 0 bridgehead atoms. The first-order chi connectivity index (χ1) is 7.20. The highest BCUT2D eigenvalue weighted by molar-refractivity contribution is 5.25. The van der Waals surface area contributed by atoms with E-state index in [1.807, 2.05) is 48.9 Å². The highest BCUT2D eigenvalue weighted by Crippen LogP contribution is 2.21. The quantitative estimate of drug-likeness (QED) is 0.806. The van der Waals surface area contributed by atoms with Crippen molar-refractivity contribution in [2.75, 3.05) is 0 Å². The zero-order valence-corrected chi connectivity index (χ0v) is 8.88.